The number of nitrogens with one attached hydrogen (secondary N) is 2. The highest BCUT2D eigenvalue weighted by Crippen LogP contribution is 2.46. The Morgan fingerprint density at radius 2 is 1.77 bits per heavy atom. The van der Waals surface area contributed by atoms with Crippen LogP contribution in [0.25, 0.3) is 0 Å². The minimum atomic E-state index is -1.47. The van der Waals surface area contributed by atoms with Crippen molar-refractivity contribution in [1.29, 1.82) is 0 Å². The van der Waals surface area contributed by atoms with Crippen LogP contribution in [-0.4, -0.2) is 40.7 Å². The van der Waals surface area contributed by atoms with E-state index in [4.69, 9.17) is 0 Å². The molecule has 3 aliphatic rings. The van der Waals surface area contributed by atoms with Gasteiger partial charge in [-0.2, -0.15) is 0 Å². The van der Waals surface area contributed by atoms with Crippen LogP contribution in [-0.2, 0) is 9.59 Å². The molecule has 6 nitrogen and oxygen atoms in total. The molecule has 2 atom stereocenters. The molecule has 1 aromatic rings. The number of hydrogen-bond acceptors (Lipinski definition) is 5. The summed E-state index contributed by atoms with van der Waals surface area (Å²) < 4.78 is 0. The fourth-order valence-electron chi connectivity index (χ4n) is 3.75. The van der Waals surface area contributed by atoms with Crippen LogP contribution in [0.2, 0.25) is 0 Å². The zero-order chi connectivity index (χ0) is 18.6. The molecule has 0 aromatic heterocycles. The number of benzene rings is 1. The Morgan fingerprint density at radius 3 is 2.42 bits per heavy atom. The Hall–Kier alpha value is -2.41. The molecule has 1 spiro atoms. The summed E-state index contributed by atoms with van der Waals surface area (Å²) in [7, 11) is 0. The summed E-state index contributed by atoms with van der Waals surface area (Å²) in [6, 6.07) is 5.96. The summed E-state index contributed by atoms with van der Waals surface area (Å²) in [5, 5.41) is 5.54. The van der Waals surface area contributed by atoms with Crippen LogP contribution < -0.4 is 10.6 Å². The van der Waals surface area contributed by atoms with Gasteiger partial charge in [-0.3, -0.25) is 19.2 Å². The average molecular weight is 370 g/mol. The van der Waals surface area contributed by atoms with E-state index in [1.54, 1.807) is 24.3 Å². The van der Waals surface area contributed by atoms with Gasteiger partial charge in [0.15, 0.2) is 11.3 Å². The molecule has 2 N–H and O–H groups in total. The van der Waals surface area contributed by atoms with E-state index in [0.29, 0.717) is 12.0 Å². The topological polar surface area (TPSA) is 92.3 Å². The monoisotopic (exact) mass is 370 g/mol. The number of rotatable bonds is 2. The molecule has 1 saturated heterocycles. The fourth-order valence-corrected chi connectivity index (χ4v) is 5.11. The van der Waals surface area contributed by atoms with Crippen molar-refractivity contribution in [3.63, 3.8) is 0 Å². The number of piperazine rings is 1. The molecule has 1 fully saturated rings. The molecular weight excluding hydrogens is 352 g/mol. The lowest BCUT2D eigenvalue weighted by molar-refractivity contribution is -0.139. The Balaban J connectivity index is 1.76. The van der Waals surface area contributed by atoms with E-state index in [1.807, 2.05) is 13.8 Å². The molecule has 1 aromatic carbocycles. The summed E-state index contributed by atoms with van der Waals surface area (Å²) in [5.74, 6) is -0.971. The van der Waals surface area contributed by atoms with Crippen LogP contribution in [0.5, 0.6) is 0 Å². The zero-order valence-electron chi connectivity index (χ0n) is 14.4. The van der Waals surface area contributed by atoms with Gasteiger partial charge < -0.3 is 10.6 Å². The third-order valence-electron chi connectivity index (χ3n) is 4.99. The highest BCUT2D eigenvalue weighted by molar-refractivity contribution is 8.04. The standard InChI is InChI=1S/C19H18N2O4S/c1-9(2)7-12-17(24)21-19(18(25)20-12)8-26-16-13(19)14(22)10-5-3-4-6-11(10)15(16)23/h3-6,9,12H,7-8H2,1-2H3,(H,20,25)(H,21,24)/t12-,19+/m0/s1. The number of ketones is 2. The van der Waals surface area contributed by atoms with Crippen molar-refractivity contribution in [1.82, 2.24) is 10.6 Å². The van der Waals surface area contributed by atoms with Crippen LogP contribution in [0.4, 0.5) is 0 Å². The molecule has 0 radical (unpaired) electrons. The lowest BCUT2D eigenvalue weighted by Crippen LogP contribution is -2.71. The second-order valence-electron chi connectivity index (χ2n) is 7.25. The quantitative estimate of drug-likeness (QED) is 0.822. The van der Waals surface area contributed by atoms with Crippen LogP contribution >= 0.6 is 11.8 Å². The van der Waals surface area contributed by atoms with Crippen molar-refractivity contribution < 1.29 is 19.2 Å². The van der Waals surface area contributed by atoms with Crippen LogP contribution in [0.1, 0.15) is 41.0 Å². The van der Waals surface area contributed by atoms with Gasteiger partial charge in [0.25, 0.3) is 5.91 Å². The lowest BCUT2D eigenvalue weighted by atomic mass is 9.77. The minimum absolute atomic E-state index is 0.111. The van der Waals surface area contributed by atoms with Crippen molar-refractivity contribution in [2.24, 2.45) is 5.92 Å². The molecule has 0 unspecified atom stereocenters. The molecule has 134 valence electrons. The predicted molar refractivity (Wildman–Crippen MR) is 96.8 cm³/mol. The van der Waals surface area contributed by atoms with Crippen LogP contribution in [0.3, 0.4) is 0 Å². The van der Waals surface area contributed by atoms with Gasteiger partial charge in [0.2, 0.25) is 11.7 Å². The maximum atomic E-state index is 13.1. The van der Waals surface area contributed by atoms with Gasteiger partial charge in [-0.15, -0.1) is 11.8 Å². The predicted octanol–water partition coefficient (Wildman–Crippen LogP) is 1.47. The zero-order valence-corrected chi connectivity index (χ0v) is 15.2. The SMILES string of the molecule is CC(C)C[C@@H]1NC(=O)[C@]2(CSC3=C2C(=O)c2ccccc2C3=O)NC1=O. The van der Waals surface area contributed by atoms with E-state index in [9.17, 15) is 19.2 Å². The van der Waals surface area contributed by atoms with E-state index in [-0.39, 0.29) is 45.2 Å². The summed E-state index contributed by atoms with van der Waals surface area (Å²) in [5.41, 5.74) is -0.726. The van der Waals surface area contributed by atoms with Gasteiger partial charge >= 0.3 is 0 Å². The number of carbonyl (C=O) groups excluding carboxylic acids is 4. The largest absolute Gasteiger partial charge is 0.342 e. The van der Waals surface area contributed by atoms with E-state index >= 15 is 0 Å². The molecule has 2 amide bonds. The molecule has 4 rings (SSSR count). The first-order valence-corrected chi connectivity index (χ1v) is 9.52. The Labute approximate surface area is 154 Å². The number of hydrogen-bond donors (Lipinski definition) is 2. The Kier molecular flexibility index (Phi) is 3.80. The first kappa shape index (κ1) is 17.0. The minimum Gasteiger partial charge on any atom is -0.342 e. The Morgan fingerprint density at radius 1 is 1.12 bits per heavy atom. The van der Waals surface area contributed by atoms with Crippen molar-refractivity contribution >= 4 is 35.1 Å². The van der Waals surface area contributed by atoms with Crippen LogP contribution in [0, 0.1) is 5.92 Å². The number of carbonyl (C=O) groups is 4. The molecule has 7 heteroatoms. The first-order valence-electron chi connectivity index (χ1n) is 8.54. The third kappa shape index (κ3) is 2.26. The van der Waals surface area contributed by atoms with E-state index in [1.165, 1.54) is 0 Å². The van der Waals surface area contributed by atoms with Crippen LogP contribution in [0.15, 0.2) is 34.7 Å². The second-order valence-corrected chi connectivity index (χ2v) is 8.23. The smallest absolute Gasteiger partial charge is 0.252 e. The number of Topliss-reactive ketones (excluding diaryl/α,β-unsaturated/α-hetero) is 2. The normalized spacial score (nSPS) is 27.6. The van der Waals surface area contributed by atoms with Gasteiger partial charge in [-0.25, -0.2) is 0 Å². The van der Waals surface area contributed by atoms with Crippen molar-refractivity contribution in [2.75, 3.05) is 5.75 Å². The number of fused-ring (bicyclic) bond motifs is 2. The molecule has 1 aliphatic carbocycles. The first-order chi connectivity index (χ1) is 12.3. The summed E-state index contributed by atoms with van der Waals surface area (Å²) in [4.78, 5) is 51.7. The number of thioether (sulfide) groups is 1. The fraction of sp³-hybridized carbons (Fsp3) is 0.368. The van der Waals surface area contributed by atoms with E-state index in [2.05, 4.69) is 10.6 Å². The van der Waals surface area contributed by atoms with Gasteiger partial charge in [-0.1, -0.05) is 38.1 Å². The molecule has 0 bridgehead atoms. The molecule has 2 heterocycles. The van der Waals surface area contributed by atoms with E-state index in [0.717, 1.165) is 11.8 Å². The Bertz CT molecular complexity index is 905. The summed E-state index contributed by atoms with van der Waals surface area (Å²) >= 11 is 1.16. The van der Waals surface area contributed by atoms with Gasteiger partial charge in [0, 0.05) is 16.9 Å². The molecular formula is C19H18N2O4S. The van der Waals surface area contributed by atoms with Gasteiger partial charge in [0.05, 0.1) is 10.5 Å². The molecule has 2 aliphatic heterocycles. The molecule has 26 heavy (non-hydrogen) atoms. The van der Waals surface area contributed by atoms with Gasteiger partial charge in [0.1, 0.15) is 6.04 Å². The average Bonchev–Trinajstić information content (AvgIpc) is 2.98. The van der Waals surface area contributed by atoms with E-state index < -0.39 is 17.5 Å². The molecule has 0 saturated carbocycles. The summed E-state index contributed by atoms with van der Waals surface area (Å²) in [6.45, 7) is 3.94. The maximum absolute atomic E-state index is 13.1. The highest BCUT2D eigenvalue weighted by atomic mass is 32.2. The van der Waals surface area contributed by atoms with Gasteiger partial charge in [-0.05, 0) is 12.3 Å². The lowest BCUT2D eigenvalue weighted by Gasteiger charge is -2.39. The number of allylic oxidation sites excluding steroid dienone is 1. The summed E-state index contributed by atoms with van der Waals surface area (Å²) in [6.07, 6.45) is 0.516. The number of amides is 2. The van der Waals surface area contributed by atoms with Crippen molar-refractivity contribution in [3.8, 4) is 0 Å². The highest BCUT2D eigenvalue weighted by Gasteiger charge is 2.58. The van der Waals surface area contributed by atoms with Crippen molar-refractivity contribution in [2.45, 2.75) is 31.8 Å². The van der Waals surface area contributed by atoms with Crippen molar-refractivity contribution in [3.05, 3.63) is 45.9 Å². The maximum Gasteiger partial charge on any atom is 0.252 e. The second kappa shape index (κ2) is 5.81. The third-order valence-corrected chi connectivity index (χ3v) is 6.25.